The molecule has 0 saturated heterocycles. The number of nitriles is 1. The molecule has 0 unspecified atom stereocenters. The van der Waals surface area contributed by atoms with Gasteiger partial charge in [0.05, 0.1) is 12.1 Å². The third kappa shape index (κ3) is 4.27. The molecular formula is C19H22N2O2. The van der Waals surface area contributed by atoms with E-state index in [9.17, 15) is 4.79 Å². The topological polar surface area (TPSA) is 53.3 Å². The van der Waals surface area contributed by atoms with Crippen LogP contribution < -0.4 is 4.74 Å². The Labute approximate surface area is 138 Å². The number of nitrogens with zero attached hydrogens (tertiary/aromatic N) is 2. The molecular weight excluding hydrogens is 288 g/mol. The molecule has 23 heavy (non-hydrogen) atoms. The van der Waals surface area contributed by atoms with Crippen LogP contribution in [0.25, 0.3) is 0 Å². The van der Waals surface area contributed by atoms with Crippen molar-refractivity contribution in [2.75, 3.05) is 6.54 Å². The summed E-state index contributed by atoms with van der Waals surface area (Å²) in [5.41, 5.74) is 0.424. The molecule has 2 rings (SSSR count). The van der Waals surface area contributed by atoms with E-state index in [0.717, 1.165) is 25.7 Å². The van der Waals surface area contributed by atoms with E-state index in [2.05, 4.69) is 12.0 Å². The molecule has 0 aromatic heterocycles. The summed E-state index contributed by atoms with van der Waals surface area (Å²) in [7, 11) is 0. The maximum absolute atomic E-state index is 12.8. The summed E-state index contributed by atoms with van der Waals surface area (Å²) >= 11 is 0. The van der Waals surface area contributed by atoms with Gasteiger partial charge < -0.3 is 9.64 Å². The number of hydrogen-bond acceptors (Lipinski definition) is 3. The number of carbonyl (C=O) groups is 1. The summed E-state index contributed by atoms with van der Waals surface area (Å²) in [4.78, 5) is 14.5. The minimum atomic E-state index is -0.667. The maximum Gasteiger partial charge on any atom is 0.264 e. The molecule has 0 aliphatic heterocycles. The van der Waals surface area contributed by atoms with Gasteiger partial charge in [-0.25, -0.2) is 0 Å². The highest BCUT2D eigenvalue weighted by Crippen LogP contribution is 2.24. The Morgan fingerprint density at radius 3 is 2.74 bits per heavy atom. The zero-order chi connectivity index (χ0) is 16.7. The fourth-order valence-corrected chi connectivity index (χ4v) is 3.01. The van der Waals surface area contributed by atoms with Crippen LogP contribution in [0.1, 0.15) is 44.6 Å². The van der Waals surface area contributed by atoms with Gasteiger partial charge in [-0.2, -0.15) is 5.26 Å². The van der Waals surface area contributed by atoms with E-state index in [4.69, 9.17) is 16.4 Å². The van der Waals surface area contributed by atoms with E-state index < -0.39 is 6.10 Å². The number of amides is 1. The molecule has 0 bridgehead atoms. The SMILES string of the molecule is C#CCN(C(=O)[C@@H](C)Oc1ccccc1C#N)C1CCCCC1. The molecule has 1 saturated carbocycles. The molecule has 1 amide bonds. The molecule has 1 aliphatic rings. The van der Waals surface area contributed by atoms with Gasteiger partial charge in [0.25, 0.3) is 5.91 Å². The standard InChI is InChI=1S/C19H22N2O2/c1-3-13-21(17-10-5-4-6-11-17)19(22)15(2)23-18-12-8-7-9-16(18)14-20/h1,7-9,12,15,17H,4-6,10-11,13H2,2H3/t15-/m1/s1. The zero-order valence-electron chi connectivity index (χ0n) is 13.5. The number of ether oxygens (including phenoxy) is 1. The molecule has 1 aliphatic carbocycles. The van der Waals surface area contributed by atoms with Crippen LogP contribution in [0.4, 0.5) is 0 Å². The number of benzene rings is 1. The van der Waals surface area contributed by atoms with E-state index in [0.29, 0.717) is 17.9 Å². The van der Waals surface area contributed by atoms with Gasteiger partial charge in [0.1, 0.15) is 11.8 Å². The average Bonchev–Trinajstić information content (AvgIpc) is 2.60. The molecule has 4 heteroatoms. The quantitative estimate of drug-likeness (QED) is 0.785. The van der Waals surface area contributed by atoms with Gasteiger partial charge in [-0.15, -0.1) is 6.42 Å². The summed E-state index contributed by atoms with van der Waals surface area (Å²) in [5.74, 6) is 2.91. The van der Waals surface area contributed by atoms with Crippen LogP contribution in [0.5, 0.6) is 5.75 Å². The first-order chi connectivity index (χ1) is 11.2. The van der Waals surface area contributed by atoms with Gasteiger partial charge in [-0.3, -0.25) is 4.79 Å². The van der Waals surface area contributed by atoms with Crippen LogP contribution in [-0.2, 0) is 4.79 Å². The summed E-state index contributed by atoms with van der Waals surface area (Å²) in [6, 6.07) is 9.20. The van der Waals surface area contributed by atoms with Gasteiger partial charge in [0.15, 0.2) is 6.10 Å². The van der Waals surface area contributed by atoms with Crippen LogP contribution in [0.15, 0.2) is 24.3 Å². The Hall–Kier alpha value is -2.46. The van der Waals surface area contributed by atoms with Gasteiger partial charge >= 0.3 is 0 Å². The van der Waals surface area contributed by atoms with Gasteiger partial charge in [0, 0.05) is 6.04 Å². The molecule has 0 N–H and O–H groups in total. The molecule has 1 fully saturated rings. The van der Waals surface area contributed by atoms with Crippen LogP contribution in [0.3, 0.4) is 0 Å². The summed E-state index contributed by atoms with van der Waals surface area (Å²) in [6.07, 6.45) is 10.2. The van der Waals surface area contributed by atoms with Crippen molar-refractivity contribution in [1.29, 1.82) is 5.26 Å². The maximum atomic E-state index is 12.8. The summed E-state index contributed by atoms with van der Waals surface area (Å²) < 4.78 is 5.73. The largest absolute Gasteiger partial charge is 0.480 e. The Morgan fingerprint density at radius 1 is 1.39 bits per heavy atom. The fourth-order valence-electron chi connectivity index (χ4n) is 3.01. The van der Waals surface area contributed by atoms with Crippen molar-refractivity contribution < 1.29 is 9.53 Å². The first-order valence-corrected chi connectivity index (χ1v) is 8.07. The normalized spacial score (nSPS) is 16.0. The van der Waals surface area contributed by atoms with Crippen molar-refractivity contribution in [3.8, 4) is 24.2 Å². The van der Waals surface area contributed by atoms with Gasteiger partial charge in [-0.05, 0) is 31.9 Å². The Morgan fingerprint density at radius 2 is 2.09 bits per heavy atom. The summed E-state index contributed by atoms with van der Waals surface area (Å²) in [5, 5.41) is 9.12. The highest BCUT2D eigenvalue weighted by Gasteiger charge is 2.29. The van der Waals surface area contributed by atoms with Crippen molar-refractivity contribution in [2.24, 2.45) is 0 Å². The molecule has 0 heterocycles. The lowest BCUT2D eigenvalue weighted by Gasteiger charge is -2.34. The lowest BCUT2D eigenvalue weighted by Crippen LogP contribution is -2.47. The Bertz CT molecular complexity index is 621. The third-order valence-electron chi connectivity index (χ3n) is 4.22. The van der Waals surface area contributed by atoms with E-state index >= 15 is 0 Å². The van der Waals surface area contributed by atoms with E-state index in [1.807, 2.05) is 0 Å². The molecule has 0 radical (unpaired) electrons. The zero-order valence-corrected chi connectivity index (χ0v) is 13.5. The van der Waals surface area contributed by atoms with Crippen molar-refractivity contribution in [2.45, 2.75) is 51.2 Å². The van der Waals surface area contributed by atoms with Crippen molar-refractivity contribution in [1.82, 2.24) is 4.90 Å². The predicted octanol–water partition coefficient (Wildman–Crippen LogP) is 3.12. The van der Waals surface area contributed by atoms with E-state index in [1.54, 1.807) is 36.1 Å². The molecule has 1 atom stereocenters. The van der Waals surface area contributed by atoms with Crippen molar-refractivity contribution in [3.63, 3.8) is 0 Å². The van der Waals surface area contributed by atoms with Crippen LogP contribution >= 0.6 is 0 Å². The van der Waals surface area contributed by atoms with E-state index in [-0.39, 0.29) is 11.9 Å². The number of para-hydroxylation sites is 1. The second-order valence-electron chi connectivity index (χ2n) is 5.83. The predicted molar refractivity (Wildman–Crippen MR) is 88.7 cm³/mol. The number of carbonyl (C=O) groups excluding carboxylic acids is 1. The summed E-state index contributed by atoms with van der Waals surface area (Å²) in [6.45, 7) is 2.01. The van der Waals surface area contributed by atoms with Crippen molar-refractivity contribution in [3.05, 3.63) is 29.8 Å². The first-order valence-electron chi connectivity index (χ1n) is 8.07. The Kier molecular flexibility index (Phi) is 6.06. The second-order valence-corrected chi connectivity index (χ2v) is 5.83. The van der Waals surface area contributed by atoms with Crippen LogP contribution in [0.2, 0.25) is 0 Å². The molecule has 1 aromatic rings. The first kappa shape index (κ1) is 16.9. The molecule has 4 nitrogen and oxygen atoms in total. The van der Waals surface area contributed by atoms with Gasteiger partial charge in [0.2, 0.25) is 0 Å². The monoisotopic (exact) mass is 310 g/mol. The minimum Gasteiger partial charge on any atom is -0.480 e. The molecule has 120 valence electrons. The highest BCUT2D eigenvalue weighted by atomic mass is 16.5. The minimum absolute atomic E-state index is 0.109. The highest BCUT2D eigenvalue weighted by molar-refractivity contribution is 5.81. The number of rotatable bonds is 5. The third-order valence-corrected chi connectivity index (χ3v) is 4.22. The van der Waals surface area contributed by atoms with E-state index in [1.165, 1.54) is 6.42 Å². The van der Waals surface area contributed by atoms with Crippen LogP contribution in [0, 0.1) is 23.7 Å². The Balaban J connectivity index is 2.09. The molecule has 1 aromatic carbocycles. The fraction of sp³-hybridized carbons (Fsp3) is 0.474. The molecule has 0 spiro atoms. The number of hydrogen-bond donors (Lipinski definition) is 0. The van der Waals surface area contributed by atoms with Crippen LogP contribution in [-0.4, -0.2) is 29.5 Å². The van der Waals surface area contributed by atoms with Gasteiger partial charge in [-0.1, -0.05) is 37.3 Å². The average molecular weight is 310 g/mol. The second kappa shape index (κ2) is 8.25. The number of terminal acetylenes is 1. The lowest BCUT2D eigenvalue weighted by atomic mass is 9.94. The smallest absolute Gasteiger partial charge is 0.264 e. The lowest BCUT2D eigenvalue weighted by molar-refractivity contribution is -0.140. The van der Waals surface area contributed by atoms with Crippen molar-refractivity contribution >= 4 is 5.91 Å².